The van der Waals surface area contributed by atoms with Crippen LogP contribution in [0, 0.1) is 0 Å². The van der Waals surface area contributed by atoms with Crippen LogP contribution in [0.15, 0.2) is 12.7 Å². The summed E-state index contributed by atoms with van der Waals surface area (Å²) in [5.74, 6) is 0. The Labute approximate surface area is 79.6 Å². The van der Waals surface area contributed by atoms with E-state index in [9.17, 15) is 15.3 Å². The molecule has 3 atom stereocenters. The van der Waals surface area contributed by atoms with Crippen molar-refractivity contribution in [3.63, 3.8) is 0 Å². The van der Waals surface area contributed by atoms with Gasteiger partial charge in [-0.15, -0.1) is 0 Å². The van der Waals surface area contributed by atoms with Gasteiger partial charge in [0.25, 0.3) is 0 Å². The summed E-state index contributed by atoms with van der Waals surface area (Å²) in [7, 11) is 0. The second kappa shape index (κ2) is 3.28. The number of rotatable bonds is 2. The zero-order valence-electron chi connectivity index (χ0n) is 7.32. The number of aromatic nitrogens is 3. The zero-order chi connectivity index (χ0) is 10.2. The fraction of sp³-hybridized carbons (Fsp3) is 0.714. The standard InChI is InChI=1S/C7H11N3O4/c11-2-7(10-4-8-3-9-10)6(13)5(12)1-14-7/h3-6,11-13H,1-2H2/t5-,6-,7-/m0/s1. The molecule has 1 saturated heterocycles. The molecule has 1 aromatic heterocycles. The lowest BCUT2D eigenvalue weighted by Crippen LogP contribution is -2.48. The van der Waals surface area contributed by atoms with Crippen LogP contribution in [-0.4, -0.2) is 55.5 Å². The molecule has 0 bridgehead atoms. The number of nitrogens with zero attached hydrogens (tertiary/aromatic N) is 3. The fourth-order valence-electron chi connectivity index (χ4n) is 1.52. The summed E-state index contributed by atoms with van der Waals surface area (Å²) in [5, 5.41) is 31.9. The summed E-state index contributed by atoms with van der Waals surface area (Å²) in [4.78, 5) is 3.69. The number of aliphatic hydroxyl groups excluding tert-OH is 3. The van der Waals surface area contributed by atoms with Crippen LogP contribution in [0.25, 0.3) is 0 Å². The molecule has 0 unspecified atom stereocenters. The molecule has 0 radical (unpaired) electrons. The summed E-state index contributed by atoms with van der Waals surface area (Å²) < 4.78 is 6.37. The van der Waals surface area contributed by atoms with Gasteiger partial charge in [-0.25, -0.2) is 9.67 Å². The Hall–Kier alpha value is -1.02. The minimum atomic E-state index is -1.41. The Morgan fingerprint density at radius 2 is 2.36 bits per heavy atom. The van der Waals surface area contributed by atoms with Crippen LogP contribution in [0.2, 0.25) is 0 Å². The molecule has 14 heavy (non-hydrogen) atoms. The second-order valence-corrected chi connectivity index (χ2v) is 3.17. The number of ether oxygens (including phenoxy) is 1. The predicted molar refractivity (Wildman–Crippen MR) is 43.0 cm³/mol. The normalized spacial score (nSPS) is 37.6. The van der Waals surface area contributed by atoms with E-state index in [1.165, 1.54) is 17.3 Å². The summed E-state index contributed by atoms with van der Waals surface area (Å²) >= 11 is 0. The number of hydrogen-bond acceptors (Lipinski definition) is 6. The van der Waals surface area contributed by atoms with E-state index in [1.807, 2.05) is 0 Å². The van der Waals surface area contributed by atoms with E-state index >= 15 is 0 Å². The lowest BCUT2D eigenvalue weighted by atomic mass is 10.1. The molecule has 7 heteroatoms. The molecule has 1 aromatic rings. The smallest absolute Gasteiger partial charge is 0.214 e. The monoisotopic (exact) mass is 201 g/mol. The summed E-state index contributed by atoms with van der Waals surface area (Å²) in [6.07, 6.45) is 0.343. The highest BCUT2D eigenvalue weighted by Crippen LogP contribution is 2.30. The van der Waals surface area contributed by atoms with Crippen molar-refractivity contribution in [3.8, 4) is 0 Å². The molecule has 0 amide bonds. The van der Waals surface area contributed by atoms with Crippen LogP contribution < -0.4 is 0 Å². The summed E-state index contributed by atoms with van der Waals surface area (Å²) in [6.45, 7) is -0.518. The van der Waals surface area contributed by atoms with Crippen molar-refractivity contribution in [1.29, 1.82) is 0 Å². The van der Waals surface area contributed by atoms with Gasteiger partial charge >= 0.3 is 0 Å². The fourth-order valence-corrected chi connectivity index (χ4v) is 1.52. The van der Waals surface area contributed by atoms with Crippen molar-refractivity contribution in [2.24, 2.45) is 0 Å². The largest absolute Gasteiger partial charge is 0.391 e. The molecule has 7 nitrogen and oxygen atoms in total. The third-order valence-corrected chi connectivity index (χ3v) is 2.36. The second-order valence-electron chi connectivity index (χ2n) is 3.17. The van der Waals surface area contributed by atoms with E-state index in [0.29, 0.717) is 0 Å². The minimum absolute atomic E-state index is 0.0401. The van der Waals surface area contributed by atoms with Crippen molar-refractivity contribution in [1.82, 2.24) is 14.8 Å². The molecule has 0 saturated carbocycles. The van der Waals surface area contributed by atoms with Gasteiger partial charge in [-0.3, -0.25) is 0 Å². The van der Waals surface area contributed by atoms with E-state index < -0.39 is 24.5 Å². The molecule has 2 heterocycles. The Bertz CT molecular complexity index is 304. The van der Waals surface area contributed by atoms with Crippen molar-refractivity contribution >= 4 is 0 Å². The van der Waals surface area contributed by atoms with E-state index in [-0.39, 0.29) is 6.61 Å². The van der Waals surface area contributed by atoms with Gasteiger partial charge in [-0.2, -0.15) is 5.10 Å². The van der Waals surface area contributed by atoms with Crippen molar-refractivity contribution in [3.05, 3.63) is 12.7 Å². The number of hydrogen-bond donors (Lipinski definition) is 3. The molecular weight excluding hydrogens is 190 g/mol. The average molecular weight is 201 g/mol. The first-order valence-corrected chi connectivity index (χ1v) is 4.17. The first kappa shape index (κ1) is 9.53. The van der Waals surface area contributed by atoms with E-state index in [1.54, 1.807) is 0 Å². The van der Waals surface area contributed by atoms with Crippen LogP contribution in [-0.2, 0) is 10.5 Å². The van der Waals surface area contributed by atoms with Crippen LogP contribution >= 0.6 is 0 Å². The Morgan fingerprint density at radius 1 is 1.57 bits per heavy atom. The lowest BCUT2D eigenvalue weighted by Gasteiger charge is -2.29. The highest BCUT2D eigenvalue weighted by molar-refractivity contribution is 4.93. The third-order valence-electron chi connectivity index (χ3n) is 2.36. The molecule has 3 N–H and O–H groups in total. The average Bonchev–Trinajstić information content (AvgIpc) is 2.79. The van der Waals surface area contributed by atoms with Gasteiger partial charge in [0.05, 0.1) is 13.2 Å². The molecule has 0 aliphatic carbocycles. The Balaban J connectivity index is 2.36. The first-order valence-electron chi connectivity index (χ1n) is 4.17. The maximum absolute atomic E-state index is 9.66. The van der Waals surface area contributed by atoms with E-state index in [0.717, 1.165) is 0 Å². The molecule has 0 spiro atoms. The molecular formula is C7H11N3O4. The van der Waals surface area contributed by atoms with Gasteiger partial charge in [0, 0.05) is 0 Å². The summed E-state index contributed by atoms with van der Waals surface area (Å²) in [6, 6.07) is 0. The topological polar surface area (TPSA) is 101 Å². The lowest BCUT2D eigenvalue weighted by molar-refractivity contribution is -0.159. The van der Waals surface area contributed by atoms with Crippen molar-refractivity contribution in [2.45, 2.75) is 17.9 Å². The van der Waals surface area contributed by atoms with Gasteiger partial charge in [-0.05, 0) is 0 Å². The Morgan fingerprint density at radius 3 is 2.79 bits per heavy atom. The SMILES string of the molecule is OC[C@]1(n2cncn2)OC[C@H](O)[C@@H]1O. The van der Waals surface area contributed by atoms with Gasteiger partial charge in [0.2, 0.25) is 5.72 Å². The van der Waals surface area contributed by atoms with Gasteiger partial charge in [0.1, 0.15) is 24.9 Å². The maximum Gasteiger partial charge on any atom is 0.214 e. The van der Waals surface area contributed by atoms with Gasteiger partial charge in [-0.1, -0.05) is 0 Å². The summed E-state index contributed by atoms with van der Waals surface area (Å²) in [5.41, 5.74) is -1.41. The van der Waals surface area contributed by atoms with Crippen LogP contribution in [0.5, 0.6) is 0 Å². The molecule has 78 valence electrons. The van der Waals surface area contributed by atoms with Gasteiger partial charge < -0.3 is 20.1 Å². The van der Waals surface area contributed by atoms with Gasteiger partial charge in [0.15, 0.2) is 0 Å². The molecule has 0 aromatic carbocycles. The first-order chi connectivity index (χ1) is 6.70. The Kier molecular flexibility index (Phi) is 2.23. The van der Waals surface area contributed by atoms with Crippen molar-refractivity contribution < 1.29 is 20.1 Å². The minimum Gasteiger partial charge on any atom is -0.391 e. The molecule has 1 fully saturated rings. The number of aliphatic hydroxyl groups is 3. The predicted octanol–water partition coefficient (Wildman–Crippen LogP) is -2.32. The van der Waals surface area contributed by atoms with Crippen LogP contribution in [0.3, 0.4) is 0 Å². The van der Waals surface area contributed by atoms with E-state index in [2.05, 4.69) is 10.1 Å². The van der Waals surface area contributed by atoms with Crippen LogP contribution in [0.4, 0.5) is 0 Å². The van der Waals surface area contributed by atoms with Crippen LogP contribution in [0.1, 0.15) is 0 Å². The highest BCUT2D eigenvalue weighted by Gasteiger charge is 2.51. The highest BCUT2D eigenvalue weighted by atomic mass is 16.6. The molecule has 1 aliphatic heterocycles. The quantitative estimate of drug-likeness (QED) is 0.496. The van der Waals surface area contributed by atoms with E-state index in [4.69, 9.17) is 4.74 Å². The maximum atomic E-state index is 9.66. The molecule has 2 rings (SSSR count). The molecule has 1 aliphatic rings. The van der Waals surface area contributed by atoms with Crippen molar-refractivity contribution in [2.75, 3.05) is 13.2 Å². The zero-order valence-corrected chi connectivity index (χ0v) is 7.32. The third kappa shape index (κ3) is 1.14.